The van der Waals surface area contributed by atoms with Crippen LogP contribution < -0.4 is 0 Å². The number of ketones is 1. The third-order valence-corrected chi connectivity index (χ3v) is 4.02. The number of hydrogen-bond acceptors (Lipinski definition) is 6. The summed E-state index contributed by atoms with van der Waals surface area (Å²) in [6.07, 6.45) is 2.04. The predicted octanol–water partition coefficient (Wildman–Crippen LogP) is 2.97. The van der Waals surface area contributed by atoms with Crippen molar-refractivity contribution in [1.29, 1.82) is 0 Å². The number of ether oxygens (including phenoxy) is 2. The number of Topliss-reactive ketones (excluding diaryl/α,β-unsaturated/α-hetero) is 1. The van der Waals surface area contributed by atoms with Crippen molar-refractivity contribution in [3.63, 3.8) is 0 Å². The fourth-order valence-corrected chi connectivity index (χ4v) is 2.64. The second-order valence-corrected chi connectivity index (χ2v) is 7.54. The number of pyridine rings is 1. The van der Waals surface area contributed by atoms with E-state index in [2.05, 4.69) is 20.9 Å². The van der Waals surface area contributed by atoms with E-state index in [-0.39, 0.29) is 12.4 Å². The molecule has 136 valence electrons. The van der Waals surface area contributed by atoms with Gasteiger partial charge in [-0.05, 0) is 61.7 Å². The van der Waals surface area contributed by atoms with Gasteiger partial charge in [0.05, 0.1) is 0 Å². The van der Waals surface area contributed by atoms with Crippen LogP contribution in [0.25, 0.3) is 0 Å². The van der Waals surface area contributed by atoms with Crippen LogP contribution in [0.15, 0.2) is 22.9 Å². The summed E-state index contributed by atoms with van der Waals surface area (Å²) in [6.45, 7) is 5.33. The van der Waals surface area contributed by atoms with Gasteiger partial charge in [0, 0.05) is 18.3 Å². The van der Waals surface area contributed by atoms with Gasteiger partial charge in [-0.15, -0.1) is 0 Å². The average Bonchev–Trinajstić information content (AvgIpc) is 3.01. The number of nitrogens with zero attached hydrogens (tertiary/aromatic N) is 2. The molecule has 1 aliphatic rings. The summed E-state index contributed by atoms with van der Waals surface area (Å²) in [6, 6.07) is 2.51. The predicted molar refractivity (Wildman–Crippen MR) is 93.2 cm³/mol. The van der Waals surface area contributed by atoms with E-state index in [0.717, 1.165) is 0 Å². The van der Waals surface area contributed by atoms with E-state index in [4.69, 9.17) is 9.47 Å². The molecule has 1 saturated heterocycles. The van der Waals surface area contributed by atoms with Crippen molar-refractivity contribution >= 4 is 33.8 Å². The van der Waals surface area contributed by atoms with Gasteiger partial charge < -0.3 is 9.47 Å². The van der Waals surface area contributed by atoms with Gasteiger partial charge >= 0.3 is 12.1 Å². The van der Waals surface area contributed by atoms with Gasteiger partial charge in [-0.25, -0.2) is 14.6 Å². The van der Waals surface area contributed by atoms with E-state index in [1.807, 2.05) is 0 Å². The number of hydrogen-bond donors (Lipinski definition) is 0. The van der Waals surface area contributed by atoms with E-state index >= 15 is 0 Å². The van der Waals surface area contributed by atoms with Crippen molar-refractivity contribution in [2.75, 3.05) is 13.2 Å². The van der Waals surface area contributed by atoms with E-state index in [9.17, 15) is 14.4 Å². The molecule has 0 unspecified atom stereocenters. The average molecular weight is 413 g/mol. The lowest BCUT2D eigenvalue weighted by atomic mass is 10.2. The van der Waals surface area contributed by atoms with Crippen LogP contribution in [0.3, 0.4) is 0 Å². The molecule has 1 atom stereocenters. The van der Waals surface area contributed by atoms with Gasteiger partial charge in [0.2, 0.25) is 5.78 Å². The van der Waals surface area contributed by atoms with E-state index in [1.54, 1.807) is 32.9 Å². The zero-order valence-electron chi connectivity index (χ0n) is 14.5. The third kappa shape index (κ3) is 5.52. The Morgan fingerprint density at radius 3 is 2.64 bits per heavy atom. The van der Waals surface area contributed by atoms with Crippen LogP contribution in [-0.2, 0) is 14.3 Å². The molecule has 1 amide bonds. The monoisotopic (exact) mass is 412 g/mol. The number of aromatic nitrogens is 1. The second-order valence-electron chi connectivity index (χ2n) is 6.73. The van der Waals surface area contributed by atoms with Crippen LogP contribution in [-0.4, -0.2) is 52.5 Å². The van der Waals surface area contributed by atoms with Crippen LogP contribution in [0.2, 0.25) is 0 Å². The number of rotatable bonds is 4. The van der Waals surface area contributed by atoms with Crippen LogP contribution >= 0.6 is 15.9 Å². The molecule has 0 saturated carbocycles. The SMILES string of the molecule is CC(C)(C)OC(=O)N1CCC[C@H]1C(=O)OCC(=O)c1ccc(Br)nc1. The molecule has 2 heterocycles. The highest BCUT2D eigenvalue weighted by atomic mass is 79.9. The minimum absolute atomic E-state index is 0.352. The Hall–Kier alpha value is -1.96. The first-order valence-corrected chi connectivity index (χ1v) is 8.78. The molecule has 0 aliphatic carbocycles. The van der Waals surface area contributed by atoms with Crippen LogP contribution in [0, 0.1) is 0 Å². The maximum absolute atomic E-state index is 12.3. The lowest BCUT2D eigenvalue weighted by Gasteiger charge is -2.27. The largest absolute Gasteiger partial charge is 0.456 e. The van der Waals surface area contributed by atoms with Gasteiger partial charge in [-0.1, -0.05) is 0 Å². The van der Waals surface area contributed by atoms with Gasteiger partial charge in [0.25, 0.3) is 0 Å². The Kier molecular flexibility index (Phi) is 6.16. The smallest absolute Gasteiger partial charge is 0.411 e. The Labute approximate surface area is 154 Å². The Morgan fingerprint density at radius 1 is 1.32 bits per heavy atom. The summed E-state index contributed by atoms with van der Waals surface area (Å²) in [5.74, 6) is -0.947. The van der Waals surface area contributed by atoms with Crippen molar-refractivity contribution in [3.8, 4) is 0 Å². The highest BCUT2D eigenvalue weighted by Crippen LogP contribution is 2.22. The molecule has 1 fully saturated rings. The van der Waals surface area contributed by atoms with Gasteiger partial charge in [0.15, 0.2) is 6.61 Å². The first-order chi connectivity index (χ1) is 11.7. The zero-order valence-corrected chi connectivity index (χ0v) is 16.0. The van der Waals surface area contributed by atoms with Gasteiger partial charge in [-0.3, -0.25) is 9.69 Å². The van der Waals surface area contributed by atoms with Crippen molar-refractivity contribution in [2.24, 2.45) is 0 Å². The summed E-state index contributed by atoms with van der Waals surface area (Å²) in [5, 5.41) is 0. The fraction of sp³-hybridized carbons (Fsp3) is 0.529. The maximum Gasteiger partial charge on any atom is 0.411 e. The van der Waals surface area contributed by atoms with E-state index in [0.29, 0.717) is 29.6 Å². The summed E-state index contributed by atoms with van der Waals surface area (Å²) in [4.78, 5) is 41.8. The molecule has 1 aromatic rings. The topological polar surface area (TPSA) is 85.8 Å². The quantitative estimate of drug-likeness (QED) is 0.429. The summed E-state index contributed by atoms with van der Waals surface area (Å²) in [7, 11) is 0. The summed E-state index contributed by atoms with van der Waals surface area (Å²) < 4.78 is 11.0. The molecular weight excluding hydrogens is 392 g/mol. The number of carbonyl (C=O) groups excluding carboxylic acids is 3. The molecule has 2 rings (SSSR count). The Bertz CT molecular complexity index is 654. The summed E-state index contributed by atoms with van der Waals surface area (Å²) >= 11 is 3.19. The summed E-state index contributed by atoms with van der Waals surface area (Å²) in [5.41, 5.74) is -0.287. The first kappa shape index (κ1) is 19.4. The fourth-order valence-electron chi connectivity index (χ4n) is 2.41. The molecule has 8 heteroatoms. The molecule has 7 nitrogen and oxygen atoms in total. The number of carbonyl (C=O) groups is 3. The Morgan fingerprint density at radius 2 is 2.04 bits per heavy atom. The van der Waals surface area contributed by atoms with Crippen LogP contribution in [0.5, 0.6) is 0 Å². The van der Waals surface area contributed by atoms with Crippen molar-refractivity contribution in [3.05, 3.63) is 28.5 Å². The minimum Gasteiger partial charge on any atom is -0.456 e. The van der Waals surface area contributed by atoms with Crippen LogP contribution in [0.4, 0.5) is 4.79 Å². The number of likely N-dealkylation sites (tertiary alicyclic amines) is 1. The van der Waals surface area contributed by atoms with E-state index < -0.39 is 23.7 Å². The Balaban J connectivity index is 1.92. The zero-order chi connectivity index (χ0) is 18.6. The van der Waals surface area contributed by atoms with Crippen molar-refractivity contribution in [1.82, 2.24) is 9.88 Å². The van der Waals surface area contributed by atoms with Crippen LogP contribution in [0.1, 0.15) is 44.0 Å². The molecule has 1 aromatic heterocycles. The van der Waals surface area contributed by atoms with Gasteiger partial charge in [0.1, 0.15) is 16.2 Å². The molecule has 25 heavy (non-hydrogen) atoms. The highest BCUT2D eigenvalue weighted by molar-refractivity contribution is 9.10. The standard InChI is InChI=1S/C17H21BrN2O5/c1-17(2,3)25-16(23)20-8-4-5-12(20)15(22)24-10-13(21)11-6-7-14(18)19-9-11/h6-7,9,12H,4-5,8,10H2,1-3H3/t12-/m0/s1. The lowest BCUT2D eigenvalue weighted by molar-refractivity contribution is -0.147. The number of amides is 1. The third-order valence-electron chi connectivity index (χ3n) is 3.55. The molecule has 0 bridgehead atoms. The van der Waals surface area contributed by atoms with E-state index in [1.165, 1.54) is 11.1 Å². The normalized spacial score (nSPS) is 17.3. The maximum atomic E-state index is 12.3. The molecule has 1 aliphatic heterocycles. The molecule has 0 N–H and O–H groups in total. The second kappa shape index (κ2) is 7.95. The minimum atomic E-state index is -0.717. The number of halogens is 1. The first-order valence-electron chi connectivity index (χ1n) is 7.98. The lowest BCUT2D eigenvalue weighted by Crippen LogP contribution is -2.44. The highest BCUT2D eigenvalue weighted by Gasteiger charge is 2.37. The van der Waals surface area contributed by atoms with Crippen molar-refractivity contribution < 1.29 is 23.9 Å². The molecule has 0 radical (unpaired) electrons. The molecule has 0 spiro atoms. The number of esters is 1. The van der Waals surface area contributed by atoms with Gasteiger partial charge in [-0.2, -0.15) is 0 Å². The molecule has 0 aromatic carbocycles. The molecular formula is C17H21BrN2O5. The van der Waals surface area contributed by atoms with Crippen molar-refractivity contribution in [2.45, 2.75) is 45.3 Å².